The monoisotopic (exact) mass is 464 g/mol. The maximum absolute atomic E-state index is 11.0. The molecule has 0 radical (unpaired) electrons. The summed E-state index contributed by atoms with van der Waals surface area (Å²) >= 11 is 7.29. The standard InChI is InChI=1S/C21H22Br2O2/c1-25-21-17(23)11-13-7-3-5-9-15(13)19(21)18-14-8-4-2-6-12(14)10-16(22)20(18)24/h10-11,24H,2-9H2,1H3. The van der Waals surface area contributed by atoms with E-state index in [1.165, 1.54) is 47.9 Å². The van der Waals surface area contributed by atoms with E-state index in [2.05, 4.69) is 44.0 Å². The number of benzene rings is 2. The van der Waals surface area contributed by atoms with Gasteiger partial charge in [0.2, 0.25) is 0 Å². The Kier molecular flexibility index (Phi) is 4.85. The third-order valence-corrected chi connectivity index (χ3v) is 6.78. The maximum Gasteiger partial charge on any atom is 0.141 e. The van der Waals surface area contributed by atoms with E-state index in [-0.39, 0.29) is 0 Å². The summed E-state index contributed by atoms with van der Waals surface area (Å²) in [5.74, 6) is 1.20. The van der Waals surface area contributed by atoms with Crippen molar-refractivity contribution in [3.63, 3.8) is 0 Å². The molecule has 25 heavy (non-hydrogen) atoms. The largest absolute Gasteiger partial charge is 0.506 e. The Morgan fingerprint density at radius 1 is 0.800 bits per heavy atom. The molecular weight excluding hydrogens is 444 g/mol. The molecule has 0 atom stereocenters. The van der Waals surface area contributed by atoms with E-state index in [1.807, 2.05) is 0 Å². The number of hydrogen-bond donors (Lipinski definition) is 1. The van der Waals surface area contributed by atoms with E-state index < -0.39 is 0 Å². The topological polar surface area (TPSA) is 29.5 Å². The number of rotatable bonds is 2. The second-order valence-electron chi connectivity index (χ2n) is 7.04. The third-order valence-electron chi connectivity index (χ3n) is 5.59. The summed E-state index contributed by atoms with van der Waals surface area (Å²) in [5, 5.41) is 11.0. The van der Waals surface area contributed by atoms with E-state index in [9.17, 15) is 5.11 Å². The van der Waals surface area contributed by atoms with Crippen LogP contribution in [0, 0.1) is 0 Å². The highest BCUT2D eigenvalue weighted by Gasteiger charge is 2.28. The first-order valence-electron chi connectivity index (χ1n) is 9.03. The predicted octanol–water partition coefficient (Wildman–Crippen LogP) is 6.35. The smallest absolute Gasteiger partial charge is 0.141 e. The molecule has 1 N–H and O–H groups in total. The molecule has 0 saturated carbocycles. The molecule has 2 nitrogen and oxygen atoms in total. The van der Waals surface area contributed by atoms with Crippen LogP contribution in [0.5, 0.6) is 11.5 Å². The van der Waals surface area contributed by atoms with Crippen LogP contribution >= 0.6 is 31.9 Å². The number of ether oxygens (including phenoxy) is 1. The number of aromatic hydroxyl groups is 1. The first-order valence-corrected chi connectivity index (χ1v) is 10.6. The minimum atomic E-state index is 0.352. The van der Waals surface area contributed by atoms with Gasteiger partial charge in [0.25, 0.3) is 0 Å². The molecule has 0 unspecified atom stereocenters. The summed E-state index contributed by atoms with van der Waals surface area (Å²) in [6.07, 6.45) is 9.08. The van der Waals surface area contributed by atoms with Gasteiger partial charge < -0.3 is 9.84 Å². The van der Waals surface area contributed by atoms with Gasteiger partial charge in [0.05, 0.1) is 16.1 Å². The zero-order valence-corrected chi connectivity index (χ0v) is 17.6. The van der Waals surface area contributed by atoms with Gasteiger partial charge in [-0.15, -0.1) is 0 Å². The number of fused-ring (bicyclic) bond motifs is 2. The molecule has 2 aliphatic rings. The van der Waals surface area contributed by atoms with E-state index >= 15 is 0 Å². The van der Waals surface area contributed by atoms with Crippen LogP contribution in [0.4, 0.5) is 0 Å². The molecule has 2 aromatic carbocycles. The fraction of sp³-hybridized carbons (Fsp3) is 0.429. The van der Waals surface area contributed by atoms with Crippen molar-refractivity contribution in [2.45, 2.75) is 51.4 Å². The summed E-state index contributed by atoms with van der Waals surface area (Å²) < 4.78 is 7.58. The average Bonchev–Trinajstić information content (AvgIpc) is 2.62. The lowest BCUT2D eigenvalue weighted by molar-refractivity contribution is 0.411. The molecule has 0 amide bonds. The normalized spacial score (nSPS) is 16.3. The molecule has 0 fully saturated rings. The predicted molar refractivity (Wildman–Crippen MR) is 109 cm³/mol. The van der Waals surface area contributed by atoms with Gasteiger partial charge in [-0.3, -0.25) is 0 Å². The van der Waals surface area contributed by atoms with Gasteiger partial charge in [0.15, 0.2) is 0 Å². The average molecular weight is 466 g/mol. The van der Waals surface area contributed by atoms with Crippen LogP contribution in [0.3, 0.4) is 0 Å². The lowest BCUT2D eigenvalue weighted by Crippen LogP contribution is -2.10. The van der Waals surface area contributed by atoms with E-state index in [0.717, 1.165) is 51.5 Å². The molecule has 4 rings (SSSR count). The highest BCUT2D eigenvalue weighted by molar-refractivity contribution is 9.11. The van der Waals surface area contributed by atoms with Gasteiger partial charge in [-0.05, 0) is 118 Å². The van der Waals surface area contributed by atoms with Gasteiger partial charge in [0, 0.05) is 11.1 Å². The minimum Gasteiger partial charge on any atom is -0.506 e. The van der Waals surface area contributed by atoms with Crippen LogP contribution in [-0.2, 0) is 25.7 Å². The zero-order valence-electron chi connectivity index (χ0n) is 14.4. The molecule has 2 aromatic rings. The molecule has 132 valence electrons. The Bertz CT molecular complexity index is 843. The molecule has 0 heterocycles. The van der Waals surface area contributed by atoms with E-state index in [0.29, 0.717) is 5.75 Å². The highest BCUT2D eigenvalue weighted by atomic mass is 79.9. The Morgan fingerprint density at radius 3 is 1.92 bits per heavy atom. The molecule has 0 aliphatic heterocycles. The van der Waals surface area contributed by atoms with Crippen molar-refractivity contribution in [1.82, 2.24) is 0 Å². The highest BCUT2D eigenvalue weighted by Crippen LogP contribution is 2.50. The summed E-state index contributed by atoms with van der Waals surface area (Å²) in [5.41, 5.74) is 7.49. The van der Waals surface area contributed by atoms with Crippen LogP contribution in [0.2, 0.25) is 0 Å². The number of methoxy groups -OCH3 is 1. The molecule has 0 saturated heterocycles. The van der Waals surface area contributed by atoms with Crippen LogP contribution in [0.1, 0.15) is 47.9 Å². The zero-order chi connectivity index (χ0) is 17.6. The Labute approximate surface area is 165 Å². The number of halogens is 2. The molecule has 0 spiro atoms. The lowest BCUT2D eigenvalue weighted by Gasteiger charge is -2.27. The van der Waals surface area contributed by atoms with Gasteiger partial charge in [-0.1, -0.05) is 0 Å². The second-order valence-corrected chi connectivity index (χ2v) is 8.75. The lowest BCUT2D eigenvalue weighted by atomic mass is 9.80. The third kappa shape index (κ3) is 2.91. The van der Waals surface area contributed by atoms with Crippen molar-refractivity contribution in [1.29, 1.82) is 0 Å². The molecule has 0 aromatic heterocycles. The van der Waals surface area contributed by atoms with Crippen molar-refractivity contribution in [3.05, 3.63) is 43.3 Å². The Morgan fingerprint density at radius 2 is 1.32 bits per heavy atom. The fourth-order valence-corrected chi connectivity index (χ4v) is 5.55. The van der Waals surface area contributed by atoms with Crippen molar-refractivity contribution in [2.75, 3.05) is 7.11 Å². The molecule has 2 aliphatic carbocycles. The van der Waals surface area contributed by atoms with E-state index in [1.54, 1.807) is 7.11 Å². The van der Waals surface area contributed by atoms with Crippen molar-refractivity contribution >= 4 is 31.9 Å². The minimum absolute atomic E-state index is 0.352. The van der Waals surface area contributed by atoms with Crippen LogP contribution in [0.15, 0.2) is 21.1 Å². The number of hydrogen-bond acceptors (Lipinski definition) is 2. The van der Waals surface area contributed by atoms with Crippen molar-refractivity contribution in [3.8, 4) is 22.6 Å². The van der Waals surface area contributed by atoms with Crippen molar-refractivity contribution in [2.24, 2.45) is 0 Å². The van der Waals surface area contributed by atoms with Gasteiger partial charge in [-0.25, -0.2) is 0 Å². The summed E-state index contributed by atoms with van der Waals surface area (Å²) in [4.78, 5) is 0. The Balaban J connectivity index is 2.09. The quantitative estimate of drug-likeness (QED) is 0.559. The first-order chi connectivity index (χ1) is 12.1. The van der Waals surface area contributed by atoms with Gasteiger partial charge >= 0.3 is 0 Å². The summed E-state index contributed by atoms with van der Waals surface area (Å²) in [7, 11) is 1.72. The van der Waals surface area contributed by atoms with Crippen LogP contribution in [-0.4, -0.2) is 12.2 Å². The fourth-order valence-electron chi connectivity index (χ4n) is 4.44. The van der Waals surface area contributed by atoms with Crippen molar-refractivity contribution < 1.29 is 9.84 Å². The van der Waals surface area contributed by atoms with Crippen LogP contribution in [0.25, 0.3) is 11.1 Å². The maximum atomic E-state index is 11.0. The molecular formula is C21H22Br2O2. The first kappa shape index (κ1) is 17.4. The van der Waals surface area contributed by atoms with Crippen LogP contribution < -0.4 is 4.74 Å². The number of phenolic OH excluding ortho intramolecular Hbond substituents is 1. The van der Waals surface area contributed by atoms with Gasteiger partial charge in [-0.2, -0.15) is 0 Å². The summed E-state index contributed by atoms with van der Waals surface area (Å²) in [6, 6.07) is 4.31. The van der Waals surface area contributed by atoms with Gasteiger partial charge in [0.1, 0.15) is 11.5 Å². The number of aryl methyl sites for hydroxylation is 2. The second kappa shape index (κ2) is 6.96. The summed E-state index contributed by atoms with van der Waals surface area (Å²) in [6.45, 7) is 0. The number of phenols is 1. The Hall–Kier alpha value is -1.000. The molecule has 0 bridgehead atoms. The SMILES string of the molecule is COc1c(Br)cc2c(c1-c1c(O)c(Br)cc3c1CCCC3)CCCC2. The molecule has 4 heteroatoms. The van der Waals surface area contributed by atoms with E-state index in [4.69, 9.17) is 4.74 Å².